The first-order chi connectivity index (χ1) is 11.6. The molecule has 2 atom stereocenters. The Hall–Kier alpha value is -1.92. The molecule has 1 unspecified atom stereocenters. The molecule has 24 heavy (non-hydrogen) atoms. The van der Waals surface area contributed by atoms with E-state index in [2.05, 4.69) is 29.6 Å². The summed E-state index contributed by atoms with van der Waals surface area (Å²) in [6.07, 6.45) is 2.66. The fourth-order valence-corrected chi connectivity index (χ4v) is 3.35. The number of aliphatic hydroxyl groups is 1. The van der Waals surface area contributed by atoms with Crippen LogP contribution in [0.5, 0.6) is 0 Å². The molecule has 1 amide bonds. The fraction of sp³-hybridized carbons (Fsp3) is 0.556. The monoisotopic (exact) mass is 330 g/mol. The zero-order valence-corrected chi connectivity index (χ0v) is 14.3. The third-order valence-electron chi connectivity index (χ3n) is 4.65. The van der Waals surface area contributed by atoms with Crippen LogP contribution in [-0.4, -0.2) is 46.0 Å². The van der Waals surface area contributed by atoms with Crippen LogP contribution in [0.25, 0.3) is 10.9 Å². The van der Waals surface area contributed by atoms with E-state index >= 15 is 0 Å². The number of aromatic nitrogens is 2. The maximum atomic E-state index is 12.7. The molecule has 1 aromatic carbocycles. The van der Waals surface area contributed by atoms with Crippen molar-refractivity contribution in [3.05, 3.63) is 30.0 Å². The highest BCUT2D eigenvalue weighted by molar-refractivity contribution is 6.05. The number of nitrogens with one attached hydrogen (secondary N) is 2. The summed E-state index contributed by atoms with van der Waals surface area (Å²) in [5.74, 6) is -0.113. The molecule has 0 saturated carbocycles. The molecule has 1 aliphatic rings. The molecule has 1 fully saturated rings. The molecule has 3 N–H and O–H groups in total. The molecule has 6 heteroatoms. The van der Waals surface area contributed by atoms with Gasteiger partial charge in [0.15, 0.2) is 5.69 Å². The van der Waals surface area contributed by atoms with Crippen LogP contribution in [0.15, 0.2) is 24.3 Å². The minimum Gasteiger partial charge on any atom is -0.396 e. The molecule has 3 rings (SSSR count). The second-order valence-corrected chi connectivity index (χ2v) is 6.77. The Morgan fingerprint density at radius 1 is 1.42 bits per heavy atom. The lowest BCUT2D eigenvalue weighted by atomic mass is 9.98. The van der Waals surface area contributed by atoms with Gasteiger partial charge >= 0.3 is 0 Å². The Bertz CT molecular complexity index is 702. The van der Waals surface area contributed by atoms with Gasteiger partial charge in [-0.25, -0.2) is 0 Å². The molecule has 0 bridgehead atoms. The zero-order chi connectivity index (χ0) is 17.1. The molecule has 1 aromatic heterocycles. The van der Waals surface area contributed by atoms with Gasteiger partial charge in [-0.2, -0.15) is 5.10 Å². The SMILES string of the molecule is CC(C)n1nc(C(=O)NC2CC[C@@H](CCO)NC2)c2ccccc21. The maximum absolute atomic E-state index is 12.7. The summed E-state index contributed by atoms with van der Waals surface area (Å²) in [5, 5.41) is 20.9. The van der Waals surface area contributed by atoms with Crippen molar-refractivity contribution in [2.45, 2.75) is 51.2 Å². The molecule has 130 valence electrons. The minimum absolute atomic E-state index is 0.107. The van der Waals surface area contributed by atoms with E-state index < -0.39 is 0 Å². The lowest BCUT2D eigenvalue weighted by Crippen LogP contribution is -2.49. The third kappa shape index (κ3) is 3.44. The molecule has 0 radical (unpaired) electrons. The minimum atomic E-state index is -0.113. The van der Waals surface area contributed by atoms with Crippen LogP contribution in [0, 0.1) is 0 Å². The van der Waals surface area contributed by atoms with E-state index in [4.69, 9.17) is 5.11 Å². The van der Waals surface area contributed by atoms with E-state index in [-0.39, 0.29) is 24.6 Å². The first-order valence-corrected chi connectivity index (χ1v) is 8.72. The summed E-state index contributed by atoms with van der Waals surface area (Å²) >= 11 is 0. The number of aliphatic hydroxyl groups excluding tert-OH is 1. The van der Waals surface area contributed by atoms with Gasteiger partial charge < -0.3 is 15.7 Å². The smallest absolute Gasteiger partial charge is 0.272 e. The van der Waals surface area contributed by atoms with E-state index in [9.17, 15) is 4.79 Å². The zero-order valence-electron chi connectivity index (χ0n) is 14.3. The van der Waals surface area contributed by atoms with Gasteiger partial charge in [0.05, 0.1) is 5.52 Å². The van der Waals surface area contributed by atoms with Crippen molar-refractivity contribution in [2.24, 2.45) is 0 Å². The highest BCUT2D eigenvalue weighted by atomic mass is 16.3. The van der Waals surface area contributed by atoms with E-state index in [0.29, 0.717) is 11.7 Å². The van der Waals surface area contributed by atoms with Crippen LogP contribution >= 0.6 is 0 Å². The lowest BCUT2D eigenvalue weighted by molar-refractivity contribution is 0.0920. The summed E-state index contributed by atoms with van der Waals surface area (Å²) in [5.41, 5.74) is 1.49. The number of rotatable bonds is 5. The second-order valence-electron chi connectivity index (χ2n) is 6.77. The molecule has 2 heterocycles. The number of fused-ring (bicyclic) bond motifs is 1. The predicted molar refractivity (Wildman–Crippen MR) is 94.1 cm³/mol. The van der Waals surface area contributed by atoms with E-state index in [1.54, 1.807) is 0 Å². The van der Waals surface area contributed by atoms with Crippen molar-refractivity contribution in [2.75, 3.05) is 13.2 Å². The number of piperidine rings is 1. The van der Waals surface area contributed by atoms with Crippen molar-refractivity contribution in [3.8, 4) is 0 Å². The summed E-state index contributed by atoms with van der Waals surface area (Å²) in [7, 11) is 0. The van der Waals surface area contributed by atoms with E-state index in [0.717, 1.165) is 36.7 Å². The normalized spacial score (nSPS) is 21.3. The van der Waals surface area contributed by atoms with Crippen molar-refractivity contribution >= 4 is 16.8 Å². The summed E-state index contributed by atoms with van der Waals surface area (Å²) in [4.78, 5) is 12.7. The van der Waals surface area contributed by atoms with Crippen molar-refractivity contribution in [1.29, 1.82) is 0 Å². The van der Waals surface area contributed by atoms with E-state index in [1.807, 2.05) is 28.9 Å². The van der Waals surface area contributed by atoms with Crippen molar-refractivity contribution < 1.29 is 9.90 Å². The third-order valence-corrected chi connectivity index (χ3v) is 4.65. The number of hydrogen-bond donors (Lipinski definition) is 3. The van der Waals surface area contributed by atoms with Crippen LogP contribution in [0.2, 0.25) is 0 Å². The summed E-state index contributed by atoms with van der Waals surface area (Å²) in [6, 6.07) is 8.52. The maximum Gasteiger partial charge on any atom is 0.272 e. The number of carbonyl (C=O) groups is 1. The Kier molecular flexibility index (Phi) is 5.16. The van der Waals surface area contributed by atoms with Gasteiger partial charge in [-0.1, -0.05) is 18.2 Å². The predicted octanol–water partition coefficient (Wildman–Crippen LogP) is 1.85. The Labute approximate surface area is 142 Å². The van der Waals surface area contributed by atoms with E-state index in [1.165, 1.54) is 0 Å². The Balaban J connectivity index is 1.73. The van der Waals surface area contributed by atoms with Crippen LogP contribution < -0.4 is 10.6 Å². The van der Waals surface area contributed by atoms with Gasteiger partial charge in [0.25, 0.3) is 5.91 Å². The average molecular weight is 330 g/mol. The molecule has 1 saturated heterocycles. The highest BCUT2D eigenvalue weighted by Crippen LogP contribution is 2.22. The number of amides is 1. The van der Waals surface area contributed by atoms with Gasteiger partial charge in [-0.05, 0) is 39.2 Å². The summed E-state index contributed by atoms with van der Waals surface area (Å²) in [6.45, 7) is 5.06. The molecular weight excluding hydrogens is 304 g/mol. The largest absolute Gasteiger partial charge is 0.396 e. The van der Waals surface area contributed by atoms with Crippen LogP contribution in [-0.2, 0) is 0 Å². The van der Waals surface area contributed by atoms with Crippen molar-refractivity contribution in [1.82, 2.24) is 20.4 Å². The van der Waals surface area contributed by atoms with Gasteiger partial charge in [-0.3, -0.25) is 9.48 Å². The quantitative estimate of drug-likeness (QED) is 0.782. The van der Waals surface area contributed by atoms with Crippen molar-refractivity contribution in [3.63, 3.8) is 0 Å². The molecule has 0 spiro atoms. The van der Waals surface area contributed by atoms with Gasteiger partial charge in [0.2, 0.25) is 0 Å². The van der Waals surface area contributed by atoms with Gasteiger partial charge in [-0.15, -0.1) is 0 Å². The molecule has 1 aliphatic heterocycles. The fourth-order valence-electron chi connectivity index (χ4n) is 3.35. The molecule has 2 aromatic rings. The highest BCUT2D eigenvalue weighted by Gasteiger charge is 2.24. The number of hydrogen-bond acceptors (Lipinski definition) is 4. The Morgan fingerprint density at radius 3 is 2.88 bits per heavy atom. The molecular formula is C18H26N4O2. The first-order valence-electron chi connectivity index (χ1n) is 8.72. The number of para-hydroxylation sites is 1. The van der Waals surface area contributed by atoms with Crippen LogP contribution in [0.4, 0.5) is 0 Å². The Morgan fingerprint density at radius 2 is 2.21 bits per heavy atom. The second kappa shape index (κ2) is 7.32. The lowest BCUT2D eigenvalue weighted by Gasteiger charge is -2.30. The van der Waals surface area contributed by atoms with Gasteiger partial charge in [0.1, 0.15) is 0 Å². The molecule has 6 nitrogen and oxygen atoms in total. The number of nitrogens with zero attached hydrogens (tertiary/aromatic N) is 2. The average Bonchev–Trinajstić information content (AvgIpc) is 2.97. The molecule has 0 aliphatic carbocycles. The van der Waals surface area contributed by atoms with Crippen LogP contribution in [0.3, 0.4) is 0 Å². The van der Waals surface area contributed by atoms with Gasteiger partial charge in [0, 0.05) is 36.7 Å². The van der Waals surface area contributed by atoms with Crippen LogP contribution in [0.1, 0.15) is 49.6 Å². The first kappa shape index (κ1) is 16.9. The topological polar surface area (TPSA) is 79.2 Å². The number of carbonyl (C=O) groups excluding carboxylic acids is 1. The number of benzene rings is 1. The summed E-state index contributed by atoms with van der Waals surface area (Å²) < 4.78 is 1.90. The standard InChI is InChI=1S/C18H26N4O2/c1-12(2)22-16-6-4-3-5-15(16)17(21-22)18(24)20-14-8-7-13(9-10-23)19-11-14/h3-6,12-14,19,23H,7-11H2,1-2H3,(H,20,24)/t13-,14?/m0/s1.